The number of alkyl halides is 3. The summed E-state index contributed by atoms with van der Waals surface area (Å²) < 4.78 is 43.1. The number of halogens is 3. The van der Waals surface area contributed by atoms with Crippen LogP contribution < -0.4 is 0 Å². The average molecular weight is 433 g/mol. The van der Waals surface area contributed by atoms with Crippen LogP contribution in [0, 0.1) is 12.8 Å². The second-order valence-electron chi connectivity index (χ2n) is 8.22. The van der Waals surface area contributed by atoms with Crippen LogP contribution in [0.5, 0.6) is 0 Å². The number of ether oxygens (including phenoxy) is 1. The molecule has 3 aliphatic heterocycles. The Kier molecular flexibility index (Phi) is 6.71. The molecule has 1 atom stereocenters. The second-order valence-corrected chi connectivity index (χ2v) is 8.22. The number of carbonyl (C=O) groups excluding carboxylic acids is 1. The third kappa shape index (κ3) is 5.72. The zero-order valence-corrected chi connectivity index (χ0v) is 16.8. The van der Waals surface area contributed by atoms with E-state index in [2.05, 4.69) is 10.1 Å². The number of nitrogens with zero attached hydrogens (tertiary/aromatic N) is 3. The Hall–Kier alpha value is -2.14. The van der Waals surface area contributed by atoms with E-state index in [4.69, 9.17) is 19.2 Å². The third-order valence-electron chi connectivity index (χ3n) is 5.61. The Bertz CT molecular complexity index is 751. The summed E-state index contributed by atoms with van der Waals surface area (Å²) in [6.07, 6.45) is -1.06. The van der Waals surface area contributed by atoms with Crippen molar-refractivity contribution in [2.75, 3.05) is 32.8 Å². The molecule has 1 N–H and O–H groups in total. The number of aryl methyl sites for hydroxylation is 1. The molecule has 0 bridgehead atoms. The van der Waals surface area contributed by atoms with Crippen LogP contribution in [0.15, 0.2) is 10.6 Å². The van der Waals surface area contributed by atoms with Crippen LogP contribution in [-0.2, 0) is 20.9 Å². The molecule has 0 aliphatic carbocycles. The fourth-order valence-corrected chi connectivity index (χ4v) is 4.12. The fraction of sp³-hybridized carbons (Fsp3) is 0.737. The van der Waals surface area contributed by atoms with Crippen LogP contribution in [-0.4, -0.2) is 76.5 Å². The SMILES string of the molecule is Cc1cc(CN2CC3(CCC(CN4CCCC4=O)CO3)C2)no1.O=C(O)C(F)(F)F. The summed E-state index contributed by atoms with van der Waals surface area (Å²) in [5.74, 6) is -1.06. The highest BCUT2D eigenvalue weighted by Gasteiger charge is 2.47. The standard InChI is InChI=1S/C17H25N3O3.C2HF3O2/c1-13-7-15(18-23-13)9-19-11-17(12-19)5-4-14(10-22-17)8-20-6-2-3-16(20)21;3-2(4,5)1(6)7/h7,14H,2-6,8-12H2,1H3;(H,6,7). The first-order valence-corrected chi connectivity index (χ1v) is 9.93. The highest BCUT2D eigenvalue weighted by Crippen LogP contribution is 2.37. The van der Waals surface area contributed by atoms with E-state index in [1.807, 2.05) is 17.9 Å². The Balaban J connectivity index is 0.000000318. The summed E-state index contributed by atoms with van der Waals surface area (Å²) in [5.41, 5.74) is 1.04. The molecular formula is C19H26F3N3O5. The number of hydrogen-bond donors (Lipinski definition) is 1. The van der Waals surface area contributed by atoms with E-state index >= 15 is 0 Å². The van der Waals surface area contributed by atoms with Gasteiger partial charge in [-0.2, -0.15) is 13.2 Å². The molecule has 4 rings (SSSR count). The number of hydrogen-bond acceptors (Lipinski definition) is 6. The van der Waals surface area contributed by atoms with Crippen LogP contribution in [0.25, 0.3) is 0 Å². The maximum atomic E-state index is 11.7. The van der Waals surface area contributed by atoms with E-state index < -0.39 is 12.1 Å². The molecule has 1 aromatic heterocycles. The quantitative estimate of drug-likeness (QED) is 0.778. The normalized spacial score (nSPS) is 23.8. The van der Waals surface area contributed by atoms with Crippen LogP contribution in [0.2, 0.25) is 0 Å². The van der Waals surface area contributed by atoms with Crippen LogP contribution in [0.1, 0.15) is 37.1 Å². The van der Waals surface area contributed by atoms with Gasteiger partial charge in [0.15, 0.2) is 0 Å². The number of carboxylic acids is 1. The number of carboxylic acid groups (broad SMARTS) is 1. The van der Waals surface area contributed by atoms with Crippen LogP contribution in [0.4, 0.5) is 13.2 Å². The van der Waals surface area contributed by atoms with Gasteiger partial charge >= 0.3 is 12.1 Å². The van der Waals surface area contributed by atoms with Crippen molar-refractivity contribution in [2.24, 2.45) is 5.92 Å². The highest BCUT2D eigenvalue weighted by molar-refractivity contribution is 5.78. The lowest BCUT2D eigenvalue weighted by Crippen LogP contribution is -2.64. The lowest BCUT2D eigenvalue weighted by molar-refractivity contribution is -0.192. The van der Waals surface area contributed by atoms with E-state index in [1.54, 1.807) is 0 Å². The number of amides is 1. The minimum atomic E-state index is -5.08. The smallest absolute Gasteiger partial charge is 0.475 e. The van der Waals surface area contributed by atoms with E-state index in [0.717, 1.165) is 70.0 Å². The molecule has 0 saturated carbocycles. The summed E-state index contributed by atoms with van der Waals surface area (Å²) in [6, 6.07) is 2.00. The number of rotatable bonds is 4. The van der Waals surface area contributed by atoms with Crippen LogP contribution >= 0.6 is 0 Å². The summed E-state index contributed by atoms with van der Waals surface area (Å²) >= 11 is 0. The third-order valence-corrected chi connectivity index (χ3v) is 5.61. The van der Waals surface area contributed by atoms with Gasteiger partial charge in [-0.3, -0.25) is 9.69 Å². The molecule has 0 aromatic carbocycles. The summed E-state index contributed by atoms with van der Waals surface area (Å²) in [7, 11) is 0. The second kappa shape index (κ2) is 8.93. The lowest BCUT2D eigenvalue weighted by Gasteiger charge is -2.53. The summed E-state index contributed by atoms with van der Waals surface area (Å²) in [6.45, 7) is 7.34. The Morgan fingerprint density at radius 2 is 2.10 bits per heavy atom. The van der Waals surface area contributed by atoms with Gasteiger partial charge in [-0.05, 0) is 26.2 Å². The van der Waals surface area contributed by atoms with Crippen molar-refractivity contribution < 1.29 is 37.1 Å². The zero-order valence-electron chi connectivity index (χ0n) is 16.8. The minimum Gasteiger partial charge on any atom is -0.475 e. The molecular weight excluding hydrogens is 407 g/mol. The van der Waals surface area contributed by atoms with Crippen molar-refractivity contribution in [3.05, 3.63) is 17.5 Å². The fourth-order valence-electron chi connectivity index (χ4n) is 4.12. The molecule has 1 spiro atoms. The molecule has 11 heteroatoms. The first-order chi connectivity index (χ1) is 14.1. The van der Waals surface area contributed by atoms with Gasteiger partial charge in [0, 0.05) is 51.1 Å². The first kappa shape index (κ1) is 22.5. The summed E-state index contributed by atoms with van der Waals surface area (Å²) in [5, 5.41) is 11.2. The molecule has 3 saturated heterocycles. The van der Waals surface area contributed by atoms with E-state index in [1.165, 1.54) is 6.42 Å². The van der Waals surface area contributed by atoms with Crippen LogP contribution in [0.3, 0.4) is 0 Å². The maximum absolute atomic E-state index is 11.7. The zero-order chi connectivity index (χ0) is 21.9. The first-order valence-electron chi connectivity index (χ1n) is 9.93. The van der Waals surface area contributed by atoms with Crippen molar-refractivity contribution in [3.8, 4) is 0 Å². The van der Waals surface area contributed by atoms with Gasteiger partial charge in [0.25, 0.3) is 0 Å². The molecule has 8 nitrogen and oxygen atoms in total. The molecule has 4 heterocycles. The Labute approximate surface area is 171 Å². The van der Waals surface area contributed by atoms with Gasteiger partial charge in [-0.15, -0.1) is 0 Å². The predicted octanol–water partition coefficient (Wildman–Crippen LogP) is 2.22. The average Bonchev–Trinajstić information content (AvgIpc) is 3.23. The summed E-state index contributed by atoms with van der Waals surface area (Å²) in [4.78, 5) is 25.0. The van der Waals surface area contributed by atoms with Gasteiger partial charge in [-0.1, -0.05) is 5.16 Å². The topological polar surface area (TPSA) is 96.1 Å². The Morgan fingerprint density at radius 1 is 1.40 bits per heavy atom. The van der Waals surface area contributed by atoms with Gasteiger partial charge in [0.05, 0.1) is 17.9 Å². The number of carbonyl (C=O) groups is 2. The molecule has 0 radical (unpaired) electrons. The van der Waals surface area contributed by atoms with Crippen molar-refractivity contribution in [1.29, 1.82) is 0 Å². The van der Waals surface area contributed by atoms with Gasteiger partial charge in [-0.25, -0.2) is 4.79 Å². The molecule has 1 aromatic rings. The maximum Gasteiger partial charge on any atom is 0.490 e. The molecule has 1 amide bonds. The number of aromatic nitrogens is 1. The lowest BCUT2D eigenvalue weighted by atomic mass is 9.82. The van der Waals surface area contributed by atoms with E-state index in [-0.39, 0.29) is 5.60 Å². The number of likely N-dealkylation sites (tertiary alicyclic amines) is 2. The van der Waals surface area contributed by atoms with Gasteiger partial charge in [0.2, 0.25) is 5.91 Å². The Morgan fingerprint density at radius 3 is 2.57 bits per heavy atom. The minimum absolute atomic E-state index is 0.0459. The predicted molar refractivity (Wildman–Crippen MR) is 97.4 cm³/mol. The van der Waals surface area contributed by atoms with Crippen molar-refractivity contribution in [1.82, 2.24) is 15.0 Å². The molecule has 3 aliphatic rings. The molecule has 3 fully saturated rings. The van der Waals surface area contributed by atoms with Crippen molar-refractivity contribution >= 4 is 11.9 Å². The molecule has 30 heavy (non-hydrogen) atoms. The van der Waals surface area contributed by atoms with E-state index in [9.17, 15) is 18.0 Å². The van der Waals surface area contributed by atoms with E-state index in [0.29, 0.717) is 11.8 Å². The van der Waals surface area contributed by atoms with Crippen molar-refractivity contribution in [3.63, 3.8) is 0 Å². The van der Waals surface area contributed by atoms with Gasteiger partial charge in [0.1, 0.15) is 5.76 Å². The monoisotopic (exact) mass is 433 g/mol. The largest absolute Gasteiger partial charge is 0.490 e. The van der Waals surface area contributed by atoms with Gasteiger partial charge < -0.3 is 19.3 Å². The van der Waals surface area contributed by atoms with Crippen molar-refractivity contribution in [2.45, 2.75) is 50.9 Å². The number of aliphatic carboxylic acids is 1. The highest BCUT2D eigenvalue weighted by atomic mass is 19.4. The molecule has 1 unspecified atom stereocenters. The molecule has 168 valence electrons.